The molecule has 3 aliphatic heterocycles. The summed E-state index contributed by atoms with van der Waals surface area (Å²) in [5.74, 6) is -2.37. The van der Waals surface area contributed by atoms with E-state index in [0.717, 1.165) is 18.2 Å². The van der Waals surface area contributed by atoms with E-state index < -0.39 is 5.92 Å². The summed E-state index contributed by atoms with van der Waals surface area (Å²) in [6.45, 7) is 4.09. The Hall–Kier alpha value is -1.18. The smallest absolute Gasteiger partial charge is 0.250 e. The number of nitrogens with zero attached hydrogens (tertiary/aromatic N) is 3. The highest BCUT2D eigenvalue weighted by molar-refractivity contribution is 8.00. The average molecular weight is 464 g/mol. The van der Waals surface area contributed by atoms with Crippen LogP contribution >= 0.6 is 11.8 Å². The van der Waals surface area contributed by atoms with Gasteiger partial charge in [0.2, 0.25) is 5.91 Å². The van der Waals surface area contributed by atoms with Crippen molar-refractivity contribution in [2.24, 2.45) is 0 Å². The Kier molecular flexibility index (Phi) is 6.77. The predicted octanol–water partition coefficient (Wildman–Crippen LogP) is 5.02. The lowest BCUT2D eigenvalue weighted by Gasteiger charge is -2.44. The third-order valence-electron chi connectivity index (χ3n) is 7.78. The molecule has 1 aromatic carbocycles. The monoisotopic (exact) mass is 463 g/mol. The van der Waals surface area contributed by atoms with Gasteiger partial charge in [0.15, 0.2) is 0 Å². The van der Waals surface area contributed by atoms with Crippen LogP contribution in [0.3, 0.4) is 0 Å². The topological polar surface area (TPSA) is 26.8 Å². The molecule has 3 saturated heterocycles. The van der Waals surface area contributed by atoms with E-state index in [2.05, 4.69) is 34.1 Å². The fraction of sp³-hybridized carbons (Fsp3) is 0.720. The minimum absolute atomic E-state index is 0.0701. The minimum atomic E-state index is -2.52. The third kappa shape index (κ3) is 5.15. The molecule has 1 amide bonds. The fourth-order valence-corrected chi connectivity index (χ4v) is 7.04. The van der Waals surface area contributed by atoms with E-state index in [-0.39, 0.29) is 24.8 Å². The van der Waals surface area contributed by atoms with Crippen molar-refractivity contribution in [2.45, 2.75) is 85.9 Å². The summed E-state index contributed by atoms with van der Waals surface area (Å²) in [5.41, 5.74) is 0.948. The van der Waals surface area contributed by atoms with Gasteiger partial charge in [-0.15, -0.1) is 11.8 Å². The molecule has 176 valence electrons. The lowest BCUT2D eigenvalue weighted by molar-refractivity contribution is -0.117. The molecule has 3 heterocycles. The van der Waals surface area contributed by atoms with E-state index in [4.69, 9.17) is 0 Å². The van der Waals surface area contributed by atoms with Crippen LogP contribution in [0.5, 0.6) is 0 Å². The SMILES string of the molecule is O=C1CC[C@@H](CN2CCC(F)(F)CC2)N1c1ccc(S[C@H]2C[C@H](N3CCCCC3)C2)cc1. The Bertz CT molecular complexity index is 783. The minimum Gasteiger partial charge on any atom is -0.308 e. The molecule has 0 radical (unpaired) electrons. The summed E-state index contributed by atoms with van der Waals surface area (Å²) in [7, 11) is 0. The summed E-state index contributed by atoms with van der Waals surface area (Å²) in [6.07, 6.45) is 7.89. The number of hydrogen-bond acceptors (Lipinski definition) is 4. The van der Waals surface area contributed by atoms with Crippen LogP contribution in [0.15, 0.2) is 29.2 Å². The van der Waals surface area contributed by atoms with Crippen molar-refractivity contribution in [1.82, 2.24) is 9.80 Å². The molecule has 4 nitrogen and oxygen atoms in total. The molecule has 32 heavy (non-hydrogen) atoms. The second-order valence-corrected chi connectivity index (χ2v) is 11.4. The molecule has 1 saturated carbocycles. The normalized spacial score (nSPS) is 31.6. The van der Waals surface area contributed by atoms with Gasteiger partial charge in [-0.05, 0) is 69.5 Å². The van der Waals surface area contributed by atoms with Crippen molar-refractivity contribution in [1.29, 1.82) is 0 Å². The molecule has 7 heteroatoms. The number of carbonyl (C=O) groups excluding carboxylic acids is 1. The highest BCUT2D eigenvalue weighted by Crippen LogP contribution is 2.40. The molecule has 4 fully saturated rings. The second kappa shape index (κ2) is 9.59. The van der Waals surface area contributed by atoms with Crippen molar-refractivity contribution >= 4 is 23.4 Å². The van der Waals surface area contributed by atoms with Crippen LogP contribution in [0.2, 0.25) is 0 Å². The summed E-state index contributed by atoms with van der Waals surface area (Å²) >= 11 is 1.97. The summed E-state index contributed by atoms with van der Waals surface area (Å²) < 4.78 is 26.9. The van der Waals surface area contributed by atoms with Crippen molar-refractivity contribution in [2.75, 3.05) is 37.6 Å². The van der Waals surface area contributed by atoms with Gasteiger partial charge in [0.25, 0.3) is 5.92 Å². The van der Waals surface area contributed by atoms with Gasteiger partial charge in [-0.2, -0.15) is 0 Å². The molecule has 1 aliphatic carbocycles. The average Bonchev–Trinajstić information content (AvgIpc) is 3.13. The van der Waals surface area contributed by atoms with Crippen LogP contribution in [-0.4, -0.2) is 71.7 Å². The number of likely N-dealkylation sites (tertiary alicyclic amines) is 2. The molecule has 0 spiro atoms. The maximum atomic E-state index is 13.5. The zero-order chi connectivity index (χ0) is 22.1. The lowest BCUT2D eigenvalue weighted by Crippen LogP contribution is -2.48. The molecular formula is C25H35F2N3OS. The van der Waals surface area contributed by atoms with Gasteiger partial charge < -0.3 is 14.7 Å². The van der Waals surface area contributed by atoms with E-state index in [1.54, 1.807) is 0 Å². The number of benzene rings is 1. The van der Waals surface area contributed by atoms with Gasteiger partial charge >= 0.3 is 0 Å². The van der Waals surface area contributed by atoms with Crippen molar-refractivity contribution in [3.8, 4) is 0 Å². The van der Waals surface area contributed by atoms with Crippen molar-refractivity contribution in [3.63, 3.8) is 0 Å². The third-order valence-corrected chi connectivity index (χ3v) is 9.04. The van der Waals surface area contributed by atoms with Gasteiger partial charge in [0.1, 0.15) is 0 Å². The number of amides is 1. The van der Waals surface area contributed by atoms with Gasteiger partial charge in [0.05, 0.1) is 6.04 Å². The first-order valence-corrected chi connectivity index (χ1v) is 13.3. The van der Waals surface area contributed by atoms with Crippen LogP contribution in [0, 0.1) is 0 Å². The van der Waals surface area contributed by atoms with Crippen LogP contribution in [0.25, 0.3) is 0 Å². The molecule has 0 unspecified atom stereocenters. The number of piperidine rings is 2. The predicted molar refractivity (Wildman–Crippen MR) is 126 cm³/mol. The molecule has 1 atom stereocenters. The first-order valence-electron chi connectivity index (χ1n) is 12.4. The zero-order valence-electron chi connectivity index (χ0n) is 18.9. The van der Waals surface area contributed by atoms with Crippen LogP contribution in [-0.2, 0) is 4.79 Å². The maximum Gasteiger partial charge on any atom is 0.250 e. The number of rotatable bonds is 6. The summed E-state index contributed by atoms with van der Waals surface area (Å²) in [6, 6.07) is 9.32. The van der Waals surface area contributed by atoms with E-state index >= 15 is 0 Å². The van der Waals surface area contributed by atoms with Crippen molar-refractivity contribution < 1.29 is 13.6 Å². The highest BCUT2D eigenvalue weighted by atomic mass is 32.2. The van der Waals surface area contributed by atoms with Crippen LogP contribution in [0.1, 0.15) is 57.8 Å². The van der Waals surface area contributed by atoms with E-state index in [0.29, 0.717) is 31.3 Å². The van der Waals surface area contributed by atoms with E-state index in [1.807, 2.05) is 16.7 Å². The quantitative estimate of drug-likeness (QED) is 0.592. The summed E-state index contributed by atoms with van der Waals surface area (Å²) in [5, 5.41) is 0.700. The maximum absolute atomic E-state index is 13.5. The molecule has 4 aliphatic rings. The van der Waals surface area contributed by atoms with Gasteiger partial charge in [0, 0.05) is 60.8 Å². The van der Waals surface area contributed by atoms with E-state index in [1.165, 1.54) is 50.1 Å². The Morgan fingerprint density at radius 1 is 0.969 bits per heavy atom. The lowest BCUT2D eigenvalue weighted by atomic mass is 9.89. The van der Waals surface area contributed by atoms with Gasteiger partial charge in [-0.1, -0.05) is 6.42 Å². The van der Waals surface area contributed by atoms with Crippen LogP contribution in [0.4, 0.5) is 14.5 Å². The number of halogens is 2. The molecule has 0 N–H and O–H groups in total. The number of alkyl halides is 2. The number of anilines is 1. The Morgan fingerprint density at radius 2 is 1.66 bits per heavy atom. The first kappa shape index (κ1) is 22.6. The molecular weight excluding hydrogens is 428 g/mol. The molecule has 0 aromatic heterocycles. The first-order chi connectivity index (χ1) is 15.5. The Morgan fingerprint density at radius 3 is 2.34 bits per heavy atom. The largest absolute Gasteiger partial charge is 0.308 e. The fourth-order valence-electron chi connectivity index (χ4n) is 5.73. The zero-order valence-corrected chi connectivity index (χ0v) is 19.7. The van der Waals surface area contributed by atoms with Gasteiger partial charge in [-0.25, -0.2) is 8.78 Å². The number of carbonyl (C=O) groups is 1. The molecule has 5 rings (SSSR count). The highest BCUT2D eigenvalue weighted by Gasteiger charge is 2.38. The Balaban J connectivity index is 1.14. The Labute approximate surface area is 194 Å². The van der Waals surface area contributed by atoms with Crippen molar-refractivity contribution in [3.05, 3.63) is 24.3 Å². The number of thioether (sulfide) groups is 1. The van der Waals surface area contributed by atoms with Crippen LogP contribution < -0.4 is 4.90 Å². The molecule has 0 bridgehead atoms. The second-order valence-electron chi connectivity index (χ2n) is 10.1. The van der Waals surface area contributed by atoms with Gasteiger partial charge in [-0.3, -0.25) is 4.79 Å². The standard InChI is InChI=1S/C25H35F2N3OS/c26-25(27)10-14-28(15-11-25)18-20-6-9-24(31)30(20)19-4-7-22(8-5-19)32-23-16-21(17-23)29-12-2-1-3-13-29/h4-5,7-8,20-21,23H,1-3,6,9-18H2/t20-,21-,23-/m0/s1. The van der Waals surface area contributed by atoms with E-state index in [9.17, 15) is 13.6 Å². The number of hydrogen-bond donors (Lipinski definition) is 0. The summed E-state index contributed by atoms with van der Waals surface area (Å²) in [4.78, 5) is 20.6. The molecule has 1 aromatic rings.